The lowest BCUT2D eigenvalue weighted by Crippen LogP contribution is -2.64. The maximum absolute atomic E-state index is 13.8. The van der Waals surface area contributed by atoms with Gasteiger partial charge in [-0.05, 0) is 52.1 Å². The molecule has 3 aliphatic rings. The first-order valence-corrected chi connectivity index (χ1v) is 11.5. The Morgan fingerprint density at radius 3 is 2.53 bits per heavy atom. The zero-order chi connectivity index (χ0) is 23.4. The molecule has 1 aliphatic heterocycles. The predicted octanol–water partition coefficient (Wildman–Crippen LogP) is 3.76. The van der Waals surface area contributed by atoms with Crippen molar-refractivity contribution in [2.75, 3.05) is 7.11 Å². The molecule has 2 aliphatic carbocycles. The average molecular weight is 511 g/mol. The Morgan fingerprint density at radius 2 is 1.94 bits per heavy atom. The number of esters is 3. The smallest absolute Gasteiger partial charge is 0.310 e. The van der Waals surface area contributed by atoms with Crippen molar-refractivity contribution in [2.45, 2.75) is 58.7 Å². The molecule has 0 unspecified atom stereocenters. The van der Waals surface area contributed by atoms with E-state index in [9.17, 15) is 19.2 Å². The molecule has 32 heavy (non-hydrogen) atoms. The Balaban J connectivity index is 1.80. The number of cyclic esters (lactones) is 1. The minimum Gasteiger partial charge on any atom is -0.469 e. The summed E-state index contributed by atoms with van der Waals surface area (Å²) >= 11 is 3.35. The van der Waals surface area contributed by atoms with Crippen molar-refractivity contribution in [3.05, 3.63) is 22.6 Å². The van der Waals surface area contributed by atoms with Gasteiger partial charge >= 0.3 is 17.9 Å². The van der Waals surface area contributed by atoms with Crippen molar-refractivity contribution in [2.24, 2.45) is 28.6 Å². The lowest BCUT2D eigenvalue weighted by atomic mass is 9.43. The fraction of sp³-hybridized carbons (Fsp3) is 0.652. The number of rotatable bonds is 3. The molecule has 2 saturated carbocycles. The number of hydrogen-bond donors (Lipinski definition) is 0. The fourth-order valence-corrected chi connectivity index (χ4v) is 7.02. The number of carbonyl (C=O) groups excluding carboxylic acids is 4. The van der Waals surface area contributed by atoms with Crippen LogP contribution in [0.25, 0.3) is 0 Å². The van der Waals surface area contributed by atoms with Gasteiger partial charge in [0.2, 0.25) is 0 Å². The van der Waals surface area contributed by atoms with E-state index in [1.54, 1.807) is 6.07 Å². The molecule has 0 radical (unpaired) electrons. The third kappa shape index (κ3) is 3.40. The lowest BCUT2D eigenvalue weighted by Gasteiger charge is -2.61. The van der Waals surface area contributed by atoms with Gasteiger partial charge in [0.25, 0.3) is 0 Å². The molecule has 9 heteroatoms. The molecule has 1 aromatic rings. The van der Waals surface area contributed by atoms with Crippen molar-refractivity contribution in [3.8, 4) is 0 Å². The van der Waals surface area contributed by atoms with Gasteiger partial charge in [0.05, 0.1) is 25.2 Å². The number of furan rings is 1. The Labute approximate surface area is 194 Å². The van der Waals surface area contributed by atoms with E-state index in [4.69, 9.17) is 18.6 Å². The highest BCUT2D eigenvalue weighted by atomic mass is 79.9. The third-order valence-electron chi connectivity index (χ3n) is 7.89. The van der Waals surface area contributed by atoms with Crippen LogP contribution in [0.3, 0.4) is 0 Å². The maximum Gasteiger partial charge on any atom is 0.310 e. The van der Waals surface area contributed by atoms with Crippen LogP contribution in [0.5, 0.6) is 0 Å². The standard InChI is InChI=1S/C23H27BrO8/c1-11(25)31-15-9-14(20(27)29-4)22(2)7-5-13-21(28)32-16(12-6-8-30-19(12)24)10-23(13,3)18(22)17(15)26/h6,8,13-16,18H,5,7,9-10H2,1-4H3/t13-,14-,15-,16+,18-,22-,23-/m0/s1. The van der Waals surface area contributed by atoms with Crippen molar-refractivity contribution in [3.63, 3.8) is 0 Å². The van der Waals surface area contributed by atoms with E-state index in [0.29, 0.717) is 29.5 Å². The van der Waals surface area contributed by atoms with Crippen molar-refractivity contribution < 1.29 is 37.8 Å². The quantitative estimate of drug-likeness (QED) is 0.446. The number of ether oxygens (including phenoxy) is 3. The Hall–Kier alpha value is -2.16. The molecule has 4 rings (SSSR count). The lowest BCUT2D eigenvalue weighted by molar-refractivity contribution is -0.210. The van der Waals surface area contributed by atoms with Gasteiger partial charge in [-0.1, -0.05) is 13.8 Å². The summed E-state index contributed by atoms with van der Waals surface area (Å²) in [6.45, 7) is 5.08. The number of hydrogen-bond acceptors (Lipinski definition) is 8. The monoisotopic (exact) mass is 510 g/mol. The van der Waals surface area contributed by atoms with Crippen LogP contribution in [0.1, 0.15) is 58.1 Å². The highest BCUT2D eigenvalue weighted by molar-refractivity contribution is 9.10. The topological polar surface area (TPSA) is 109 Å². The molecule has 7 atom stereocenters. The van der Waals surface area contributed by atoms with E-state index in [1.165, 1.54) is 20.3 Å². The molecule has 8 nitrogen and oxygen atoms in total. The van der Waals surface area contributed by atoms with Gasteiger partial charge in [-0.15, -0.1) is 0 Å². The second-order valence-electron chi connectivity index (χ2n) is 9.63. The second-order valence-corrected chi connectivity index (χ2v) is 10.3. The Kier molecular flexibility index (Phi) is 5.76. The van der Waals surface area contributed by atoms with Crippen LogP contribution in [0.15, 0.2) is 21.4 Å². The van der Waals surface area contributed by atoms with E-state index in [-0.39, 0.29) is 18.2 Å². The highest BCUT2D eigenvalue weighted by Gasteiger charge is 2.67. The number of halogens is 1. The number of carbonyl (C=O) groups is 4. The summed E-state index contributed by atoms with van der Waals surface area (Å²) in [5, 5.41) is 0. The molecule has 1 saturated heterocycles. The van der Waals surface area contributed by atoms with Crippen LogP contribution in [-0.4, -0.2) is 36.9 Å². The van der Waals surface area contributed by atoms with E-state index in [0.717, 1.165) is 0 Å². The van der Waals surface area contributed by atoms with Gasteiger partial charge in [0.1, 0.15) is 6.10 Å². The van der Waals surface area contributed by atoms with Crippen LogP contribution in [-0.2, 0) is 33.4 Å². The molecular weight excluding hydrogens is 484 g/mol. The molecule has 0 spiro atoms. The maximum atomic E-state index is 13.8. The summed E-state index contributed by atoms with van der Waals surface area (Å²) < 4.78 is 22.0. The SMILES string of the molecule is COC(=O)[C@@H]1C[C@H](OC(C)=O)C(=O)[C@H]2[C@@]1(C)CC[C@H]1C(=O)O[C@@H](c3ccoc3Br)C[C@]21C. The number of fused-ring (bicyclic) bond motifs is 3. The van der Waals surface area contributed by atoms with Crippen molar-refractivity contribution >= 4 is 39.6 Å². The van der Waals surface area contributed by atoms with E-state index in [2.05, 4.69) is 15.9 Å². The third-order valence-corrected chi connectivity index (χ3v) is 8.53. The fourth-order valence-electron chi connectivity index (χ4n) is 6.53. The first-order valence-electron chi connectivity index (χ1n) is 10.7. The van der Waals surface area contributed by atoms with Gasteiger partial charge < -0.3 is 18.6 Å². The summed E-state index contributed by atoms with van der Waals surface area (Å²) in [4.78, 5) is 51.4. The van der Waals surface area contributed by atoms with Gasteiger partial charge in [-0.2, -0.15) is 0 Å². The minimum atomic E-state index is -1.05. The molecule has 0 bridgehead atoms. The van der Waals surface area contributed by atoms with Crippen molar-refractivity contribution in [1.82, 2.24) is 0 Å². The average Bonchev–Trinajstić information content (AvgIpc) is 3.14. The largest absolute Gasteiger partial charge is 0.469 e. The predicted molar refractivity (Wildman–Crippen MR) is 113 cm³/mol. The number of ketones is 1. The Morgan fingerprint density at radius 1 is 1.22 bits per heavy atom. The summed E-state index contributed by atoms with van der Waals surface area (Å²) in [6.07, 6.45) is 1.31. The summed E-state index contributed by atoms with van der Waals surface area (Å²) in [7, 11) is 1.32. The Bertz CT molecular complexity index is 969. The van der Waals surface area contributed by atoms with Crippen LogP contribution in [0, 0.1) is 28.6 Å². The molecule has 0 aromatic carbocycles. The first kappa shape index (κ1) is 23.0. The summed E-state index contributed by atoms with van der Waals surface area (Å²) in [6, 6.07) is 1.73. The van der Waals surface area contributed by atoms with E-state index in [1.807, 2.05) is 13.8 Å². The van der Waals surface area contributed by atoms with Gasteiger partial charge in [-0.3, -0.25) is 19.2 Å². The molecule has 0 N–H and O–H groups in total. The molecule has 2 heterocycles. The van der Waals surface area contributed by atoms with Gasteiger partial charge in [-0.25, -0.2) is 0 Å². The van der Waals surface area contributed by atoms with Crippen LogP contribution >= 0.6 is 15.9 Å². The zero-order valence-corrected chi connectivity index (χ0v) is 20.1. The molecule has 0 amide bonds. The van der Waals surface area contributed by atoms with E-state index >= 15 is 0 Å². The number of Topliss-reactive ketones (excluding diaryl/α,β-unsaturated/α-hetero) is 1. The normalized spacial score (nSPS) is 38.8. The molecule has 3 fully saturated rings. The molecule has 1 aromatic heterocycles. The van der Waals surface area contributed by atoms with Gasteiger partial charge in [0, 0.05) is 24.8 Å². The zero-order valence-electron chi connectivity index (χ0n) is 18.5. The molecular formula is C23H27BrO8. The highest BCUT2D eigenvalue weighted by Crippen LogP contribution is 2.65. The minimum absolute atomic E-state index is 0.0833. The molecule has 174 valence electrons. The second kappa shape index (κ2) is 8.01. The summed E-state index contributed by atoms with van der Waals surface area (Å²) in [5.41, 5.74) is -0.845. The van der Waals surface area contributed by atoms with Gasteiger partial charge in [0.15, 0.2) is 16.6 Å². The van der Waals surface area contributed by atoms with Crippen LogP contribution < -0.4 is 0 Å². The van der Waals surface area contributed by atoms with E-state index < -0.39 is 52.7 Å². The number of methoxy groups -OCH3 is 1. The van der Waals surface area contributed by atoms with Crippen molar-refractivity contribution in [1.29, 1.82) is 0 Å². The van der Waals surface area contributed by atoms with Crippen LogP contribution in [0.2, 0.25) is 0 Å². The first-order chi connectivity index (χ1) is 15.0. The summed E-state index contributed by atoms with van der Waals surface area (Å²) in [5.74, 6) is -3.44. The van der Waals surface area contributed by atoms with Crippen LogP contribution in [0.4, 0.5) is 0 Å².